The molecule has 0 unspecified atom stereocenters. The highest BCUT2D eigenvalue weighted by Crippen LogP contribution is 2.29. The van der Waals surface area contributed by atoms with Crippen LogP contribution in [0.3, 0.4) is 0 Å². The first-order valence-corrected chi connectivity index (χ1v) is 5.75. The Kier molecular flexibility index (Phi) is 3.57. The number of benzene rings is 1. The van der Waals surface area contributed by atoms with Crippen molar-refractivity contribution in [1.29, 1.82) is 0 Å². The standard InChI is InChI=1S/C13H17NO2/c14-7-6-10-2-1-3-12(8-10)13(15)16-9-11-4-5-11/h1-3,8,11H,4-7,9,14H2. The van der Waals surface area contributed by atoms with Crippen molar-refractivity contribution in [2.24, 2.45) is 11.7 Å². The average Bonchev–Trinajstić information content (AvgIpc) is 3.10. The maximum Gasteiger partial charge on any atom is 0.338 e. The van der Waals surface area contributed by atoms with E-state index in [9.17, 15) is 4.79 Å². The van der Waals surface area contributed by atoms with E-state index < -0.39 is 0 Å². The Morgan fingerprint density at radius 2 is 2.25 bits per heavy atom. The normalized spacial score (nSPS) is 14.8. The maximum atomic E-state index is 11.7. The van der Waals surface area contributed by atoms with Gasteiger partial charge in [-0.2, -0.15) is 0 Å². The van der Waals surface area contributed by atoms with Gasteiger partial charge in [0.2, 0.25) is 0 Å². The summed E-state index contributed by atoms with van der Waals surface area (Å²) in [7, 11) is 0. The van der Waals surface area contributed by atoms with E-state index in [1.165, 1.54) is 12.8 Å². The Morgan fingerprint density at radius 3 is 2.94 bits per heavy atom. The summed E-state index contributed by atoms with van der Waals surface area (Å²) in [5.41, 5.74) is 7.19. The van der Waals surface area contributed by atoms with E-state index >= 15 is 0 Å². The third-order valence-corrected chi connectivity index (χ3v) is 2.74. The van der Waals surface area contributed by atoms with Crippen LogP contribution in [0.4, 0.5) is 0 Å². The van der Waals surface area contributed by atoms with Gasteiger partial charge in [0.1, 0.15) is 0 Å². The molecule has 0 bridgehead atoms. The first-order chi connectivity index (χ1) is 7.79. The van der Waals surface area contributed by atoms with Crippen molar-refractivity contribution in [3.05, 3.63) is 35.4 Å². The van der Waals surface area contributed by atoms with Crippen molar-refractivity contribution in [3.8, 4) is 0 Å². The first-order valence-electron chi connectivity index (χ1n) is 5.75. The Hall–Kier alpha value is -1.35. The van der Waals surface area contributed by atoms with Crippen LogP contribution in [0.2, 0.25) is 0 Å². The number of carbonyl (C=O) groups is 1. The number of ether oxygens (including phenoxy) is 1. The van der Waals surface area contributed by atoms with Crippen molar-refractivity contribution in [1.82, 2.24) is 0 Å². The monoisotopic (exact) mass is 219 g/mol. The molecule has 2 rings (SSSR count). The van der Waals surface area contributed by atoms with Crippen LogP contribution in [0.25, 0.3) is 0 Å². The van der Waals surface area contributed by atoms with Crippen LogP contribution in [0.15, 0.2) is 24.3 Å². The van der Waals surface area contributed by atoms with Crippen molar-refractivity contribution in [2.45, 2.75) is 19.3 Å². The summed E-state index contributed by atoms with van der Waals surface area (Å²) in [5, 5.41) is 0. The summed E-state index contributed by atoms with van der Waals surface area (Å²) in [6.07, 6.45) is 3.19. The lowest BCUT2D eigenvalue weighted by Gasteiger charge is -2.05. The molecular weight excluding hydrogens is 202 g/mol. The Morgan fingerprint density at radius 1 is 1.44 bits per heavy atom. The number of nitrogens with two attached hydrogens (primary N) is 1. The van der Waals surface area contributed by atoms with E-state index in [1.807, 2.05) is 18.2 Å². The molecule has 1 aromatic carbocycles. The Balaban J connectivity index is 1.94. The number of rotatable bonds is 5. The zero-order valence-corrected chi connectivity index (χ0v) is 9.32. The van der Waals surface area contributed by atoms with Crippen molar-refractivity contribution >= 4 is 5.97 Å². The van der Waals surface area contributed by atoms with Crippen LogP contribution in [-0.2, 0) is 11.2 Å². The van der Waals surface area contributed by atoms with Gasteiger partial charge in [0.25, 0.3) is 0 Å². The summed E-state index contributed by atoms with van der Waals surface area (Å²) < 4.78 is 5.21. The summed E-state index contributed by atoms with van der Waals surface area (Å²) in [6.45, 7) is 1.17. The molecule has 0 radical (unpaired) electrons. The highest BCUT2D eigenvalue weighted by Gasteiger charge is 2.23. The van der Waals surface area contributed by atoms with Gasteiger partial charge in [-0.25, -0.2) is 4.79 Å². The third-order valence-electron chi connectivity index (χ3n) is 2.74. The van der Waals surface area contributed by atoms with E-state index in [2.05, 4.69) is 0 Å². The molecule has 0 spiro atoms. The largest absolute Gasteiger partial charge is 0.462 e. The van der Waals surface area contributed by atoms with E-state index in [-0.39, 0.29) is 5.97 Å². The Bertz CT molecular complexity index is 372. The summed E-state index contributed by atoms with van der Waals surface area (Å²) in [4.78, 5) is 11.7. The van der Waals surface area contributed by atoms with Crippen LogP contribution < -0.4 is 5.73 Å². The summed E-state index contributed by atoms with van der Waals surface area (Å²) in [5.74, 6) is 0.391. The lowest BCUT2D eigenvalue weighted by Crippen LogP contribution is -2.09. The zero-order valence-electron chi connectivity index (χ0n) is 9.32. The minimum absolute atomic E-state index is 0.217. The van der Waals surface area contributed by atoms with E-state index in [1.54, 1.807) is 6.07 Å². The van der Waals surface area contributed by atoms with E-state index in [0.717, 1.165) is 12.0 Å². The smallest absolute Gasteiger partial charge is 0.338 e. The van der Waals surface area contributed by atoms with Gasteiger partial charge in [0.15, 0.2) is 0 Å². The second-order valence-electron chi connectivity index (χ2n) is 4.28. The van der Waals surface area contributed by atoms with Gasteiger partial charge in [-0.05, 0) is 49.4 Å². The van der Waals surface area contributed by atoms with Crippen molar-refractivity contribution in [3.63, 3.8) is 0 Å². The van der Waals surface area contributed by atoms with Gasteiger partial charge in [0, 0.05) is 0 Å². The molecule has 0 heterocycles. The number of hydrogen-bond acceptors (Lipinski definition) is 3. The molecule has 1 fully saturated rings. The molecule has 16 heavy (non-hydrogen) atoms. The molecule has 0 atom stereocenters. The highest BCUT2D eigenvalue weighted by molar-refractivity contribution is 5.89. The second-order valence-corrected chi connectivity index (χ2v) is 4.28. The fourth-order valence-electron chi connectivity index (χ4n) is 1.58. The van der Waals surface area contributed by atoms with Crippen LogP contribution in [0.5, 0.6) is 0 Å². The van der Waals surface area contributed by atoms with Crippen molar-refractivity contribution in [2.75, 3.05) is 13.2 Å². The zero-order chi connectivity index (χ0) is 11.4. The van der Waals surface area contributed by atoms with Crippen LogP contribution in [0, 0.1) is 5.92 Å². The van der Waals surface area contributed by atoms with E-state index in [4.69, 9.17) is 10.5 Å². The minimum atomic E-state index is -0.217. The molecular formula is C13H17NO2. The molecule has 0 aromatic heterocycles. The van der Waals surface area contributed by atoms with Gasteiger partial charge in [-0.3, -0.25) is 0 Å². The fourth-order valence-corrected chi connectivity index (χ4v) is 1.58. The third kappa shape index (κ3) is 3.07. The highest BCUT2D eigenvalue weighted by atomic mass is 16.5. The predicted molar refractivity (Wildman–Crippen MR) is 62.2 cm³/mol. The topological polar surface area (TPSA) is 52.3 Å². The molecule has 0 saturated heterocycles. The summed E-state index contributed by atoms with van der Waals surface area (Å²) in [6, 6.07) is 7.50. The fraction of sp³-hybridized carbons (Fsp3) is 0.462. The van der Waals surface area contributed by atoms with Gasteiger partial charge in [-0.1, -0.05) is 12.1 Å². The maximum absolute atomic E-state index is 11.7. The molecule has 3 nitrogen and oxygen atoms in total. The molecule has 2 N–H and O–H groups in total. The van der Waals surface area contributed by atoms with Gasteiger partial charge >= 0.3 is 5.97 Å². The van der Waals surface area contributed by atoms with Crippen molar-refractivity contribution < 1.29 is 9.53 Å². The molecule has 3 heteroatoms. The minimum Gasteiger partial charge on any atom is -0.462 e. The van der Waals surface area contributed by atoms with E-state index in [0.29, 0.717) is 24.6 Å². The van der Waals surface area contributed by atoms with Crippen LogP contribution in [-0.4, -0.2) is 19.1 Å². The molecule has 1 saturated carbocycles. The molecule has 86 valence electrons. The van der Waals surface area contributed by atoms with Crippen LogP contribution in [0.1, 0.15) is 28.8 Å². The molecule has 0 amide bonds. The summed E-state index contributed by atoms with van der Waals surface area (Å²) >= 11 is 0. The average molecular weight is 219 g/mol. The van der Waals surface area contributed by atoms with Crippen LogP contribution >= 0.6 is 0 Å². The molecule has 1 aliphatic rings. The first kappa shape index (κ1) is 11.1. The predicted octanol–water partition coefficient (Wildman–Crippen LogP) is 1.75. The molecule has 1 aliphatic carbocycles. The number of hydrogen-bond donors (Lipinski definition) is 1. The molecule has 1 aromatic rings. The number of carbonyl (C=O) groups excluding carboxylic acids is 1. The lowest BCUT2D eigenvalue weighted by molar-refractivity contribution is 0.0486. The van der Waals surface area contributed by atoms with Gasteiger partial charge in [-0.15, -0.1) is 0 Å². The Labute approximate surface area is 95.6 Å². The lowest BCUT2D eigenvalue weighted by atomic mass is 10.1. The van der Waals surface area contributed by atoms with Gasteiger partial charge in [0.05, 0.1) is 12.2 Å². The number of esters is 1. The quantitative estimate of drug-likeness (QED) is 0.768. The molecule has 0 aliphatic heterocycles. The second kappa shape index (κ2) is 5.12. The van der Waals surface area contributed by atoms with Gasteiger partial charge < -0.3 is 10.5 Å². The SMILES string of the molecule is NCCc1cccc(C(=O)OCC2CC2)c1.